The number of pyridine rings is 1. The molecule has 1 atom stereocenters. The van der Waals surface area contributed by atoms with Crippen LogP contribution in [-0.4, -0.2) is 21.2 Å². The van der Waals surface area contributed by atoms with Crippen molar-refractivity contribution >= 4 is 0 Å². The standard InChI is InChI=1S/C12H16N4O/c1-9(13)5-4-7-11-15-12(16-17-11)10-6-2-3-8-14-10/h2-3,6,8-9H,4-5,7,13H2,1H3. The molecule has 0 bridgehead atoms. The van der Waals surface area contributed by atoms with Gasteiger partial charge in [-0.1, -0.05) is 11.2 Å². The highest BCUT2D eigenvalue weighted by Crippen LogP contribution is 2.13. The zero-order valence-corrected chi connectivity index (χ0v) is 9.84. The van der Waals surface area contributed by atoms with Crippen molar-refractivity contribution in [2.45, 2.75) is 32.2 Å². The number of aromatic nitrogens is 3. The third-order valence-corrected chi connectivity index (χ3v) is 2.41. The number of aryl methyl sites for hydroxylation is 1. The van der Waals surface area contributed by atoms with Crippen LogP contribution in [0.1, 0.15) is 25.7 Å². The number of hydrogen-bond donors (Lipinski definition) is 1. The largest absolute Gasteiger partial charge is 0.339 e. The quantitative estimate of drug-likeness (QED) is 0.850. The van der Waals surface area contributed by atoms with Crippen molar-refractivity contribution < 1.29 is 4.52 Å². The van der Waals surface area contributed by atoms with Gasteiger partial charge in [0, 0.05) is 18.7 Å². The summed E-state index contributed by atoms with van der Waals surface area (Å²) in [6, 6.07) is 5.83. The Morgan fingerprint density at radius 3 is 3.00 bits per heavy atom. The van der Waals surface area contributed by atoms with Crippen LogP contribution in [0.4, 0.5) is 0 Å². The molecule has 0 spiro atoms. The highest BCUT2D eigenvalue weighted by molar-refractivity contribution is 5.46. The van der Waals surface area contributed by atoms with Crippen LogP contribution in [0.25, 0.3) is 11.5 Å². The van der Waals surface area contributed by atoms with Crippen molar-refractivity contribution in [2.24, 2.45) is 5.73 Å². The van der Waals surface area contributed by atoms with Crippen LogP contribution >= 0.6 is 0 Å². The summed E-state index contributed by atoms with van der Waals surface area (Å²) in [5.74, 6) is 1.19. The average Bonchev–Trinajstić information content (AvgIpc) is 2.78. The highest BCUT2D eigenvalue weighted by atomic mass is 16.5. The van der Waals surface area contributed by atoms with Gasteiger partial charge in [-0.3, -0.25) is 4.98 Å². The fraction of sp³-hybridized carbons (Fsp3) is 0.417. The highest BCUT2D eigenvalue weighted by Gasteiger charge is 2.09. The summed E-state index contributed by atoms with van der Waals surface area (Å²) in [5, 5.41) is 3.90. The van der Waals surface area contributed by atoms with E-state index < -0.39 is 0 Å². The minimum Gasteiger partial charge on any atom is -0.339 e. The molecule has 0 saturated carbocycles. The van der Waals surface area contributed by atoms with Gasteiger partial charge in [0.05, 0.1) is 0 Å². The van der Waals surface area contributed by atoms with Crippen LogP contribution in [0.2, 0.25) is 0 Å². The summed E-state index contributed by atoms with van der Waals surface area (Å²) in [7, 11) is 0. The third kappa shape index (κ3) is 3.35. The topological polar surface area (TPSA) is 77.8 Å². The van der Waals surface area contributed by atoms with E-state index in [1.807, 2.05) is 25.1 Å². The Morgan fingerprint density at radius 2 is 2.29 bits per heavy atom. The van der Waals surface area contributed by atoms with E-state index in [0.717, 1.165) is 25.0 Å². The third-order valence-electron chi connectivity index (χ3n) is 2.41. The van der Waals surface area contributed by atoms with Crippen molar-refractivity contribution in [3.05, 3.63) is 30.3 Å². The molecule has 0 radical (unpaired) electrons. The molecule has 0 aliphatic rings. The Kier molecular flexibility index (Phi) is 3.82. The lowest BCUT2D eigenvalue weighted by Crippen LogP contribution is -2.14. The predicted octanol–water partition coefficient (Wildman–Crippen LogP) is 1.80. The lowest BCUT2D eigenvalue weighted by Gasteiger charge is -2.00. The molecule has 17 heavy (non-hydrogen) atoms. The second-order valence-corrected chi connectivity index (χ2v) is 4.10. The number of nitrogens with zero attached hydrogens (tertiary/aromatic N) is 3. The molecule has 90 valence electrons. The molecule has 1 unspecified atom stereocenters. The van der Waals surface area contributed by atoms with Gasteiger partial charge in [-0.15, -0.1) is 0 Å². The number of rotatable bonds is 5. The zero-order valence-electron chi connectivity index (χ0n) is 9.84. The van der Waals surface area contributed by atoms with Gasteiger partial charge < -0.3 is 10.3 Å². The molecule has 2 rings (SSSR count). The Bertz CT molecular complexity index is 453. The van der Waals surface area contributed by atoms with Gasteiger partial charge in [-0.05, 0) is 31.9 Å². The lowest BCUT2D eigenvalue weighted by molar-refractivity contribution is 0.373. The van der Waals surface area contributed by atoms with Crippen LogP contribution in [0, 0.1) is 0 Å². The summed E-state index contributed by atoms with van der Waals surface area (Å²) in [4.78, 5) is 8.46. The van der Waals surface area contributed by atoms with Crippen molar-refractivity contribution in [2.75, 3.05) is 0 Å². The summed E-state index contributed by atoms with van der Waals surface area (Å²) in [6.07, 6.45) is 4.39. The second-order valence-electron chi connectivity index (χ2n) is 4.10. The molecule has 5 heteroatoms. The van der Waals surface area contributed by atoms with Crippen molar-refractivity contribution in [3.63, 3.8) is 0 Å². The van der Waals surface area contributed by atoms with Gasteiger partial charge >= 0.3 is 0 Å². The summed E-state index contributed by atoms with van der Waals surface area (Å²) in [5.41, 5.74) is 6.41. The molecule has 0 aliphatic carbocycles. The van der Waals surface area contributed by atoms with Crippen LogP contribution in [0.3, 0.4) is 0 Å². The Morgan fingerprint density at radius 1 is 1.41 bits per heavy atom. The smallest absolute Gasteiger partial charge is 0.227 e. The van der Waals surface area contributed by atoms with Crippen LogP contribution in [0.5, 0.6) is 0 Å². The minimum absolute atomic E-state index is 0.216. The first-order valence-electron chi connectivity index (χ1n) is 5.75. The molecule has 0 aliphatic heterocycles. The maximum absolute atomic E-state index is 5.68. The van der Waals surface area contributed by atoms with Gasteiger partial charge in [0.2, 0.25) is 11.7 Å². The molecule has 2 heterocycles. The van der Waals surface area contributed by atoms with Crippen molar-refractivity contribution in [1.82, 2.24) is 15.1 Å². The van der Waals surface area contributed by atoms with E-state index in [0.29, 0.717) is 11.7 Å². The van der Waals surface area contributed by atoms with Crippen LogP contribution in [-0.2, 0) is 6.42 Å². The Hall–Kier alpha value is -1.75. The maximum atomic E-state index is 5.68. The molecule has 0 aromatic carbocycles. The first kappa shape index (κ1) is 11.7. The molecule has 0 fully saturated rings. The number of nitrogens with two attached hydrogens (primary N) is 1. The van der Waals surface area contributed by atoms with E-state index in [2.05, 4.69) is 15.1 Å². The predicted molar refractivity (Wildman–Crippen MR) is 64.1 cm³/mol. The van der Waals surface area contributed by atoms with Gasteiger partial charge in [0.25, 0.3) is 0 Å². The van der Waals surface area contributed by atoms with E-state index in [-0.39, 0.29) is 6.04 Å². The Labute approximate surface area is 100 Å². The van der Waals surface area contributed by atoms with E-state index in [4.69, 9.17) is 10.3 Å². The monoisotopic (exact) mass is 232 g/mol. The average molecular weight is 232 g/mol. The summed E-state index contributed by atoms with van der Waals surface area (Å²) < 4.78 is 5.16. The van der Waals surface area contributed by atoms with E-state index >= 15 is 0 Å². The maximum Gasteiger partial charge on any atom is 0.227 e. The molecule has 0 amide bonds. The minimum atomic E-state index is 0.216. The summed E-state index contributed by atoms with van der Waals surface area (Å²) in [6.45, 7) is 1.99. The fourth-order valence-corrected chi connectivity index (χ4v) is 1.53. The zero-order chi connectivity index (χ0) is 12.1. The van der Waals surface area contributed by atoms with Crippen molar-refractivity contribution in [3.8, 4) is 11.5 Å². The van der Waals surface area contributed by atoms with E-state index in [1.54, 1.807) is 6.20 Å². The van der Waals surface area contributed by atoms with E-state index in [1.165, 1.54) is 0 Å². The second kappa shape index (κ2) is 5.54. The molecular weight excluding hydrogens is 216 g/mol. The SMILES string of the molecule is CC(N)CCCc1nc(-c2ccccn2)no1. The van der Waals surface area contributed by atoms with E-state index in [9.17, 15) is 0 Å². The van der Waals surface area contributed by atoms with Gasteiger partial charge in [0.15, 0.2) is 0 Å². The molecule has 5 nitrogen and oxygen atoms in total. The molecule has 0 saturated heterocycles. The van der Waals surface area contributed by atoms with Gasteiger partial charge in [-0.25, -0.2) is 0 Å². The first-order valence-corrected chi connectivity index (χ1v) is 5.75. The fourth-order valence-electron chi connectivity index (χ4n) is 1.53. The summed E-state index contributed by atoms with van der Waals surface area (Å²) >= 11 is 0. The molecule has 2 aromatic rings. The molecule has 2 N–H and O–H groups in total. The molecule has 2 aromatic heterocycles. The van der Waals surface area contributed by atoms with Gasteiger partial charge in [-0.2, -0.15) is 4.98 Å². The first-order chi connectivity index (χ1) is 8.25. The van der Waals surface area contributed by atoms with Gasteiger partial charge in [0.1, 0.15) is 5.69 Å². The lowest BCUT2D eigenvalue weighted by atomic mass is 10.1. The normalized spacial score (nSPS) is 12.6. The van der Waals surface area contributed by atoms with Crippen molar-refractivity contribution in [1.29, 1.82) is 0 Å². The Balaban J connectivity index is 1.97. The number of hydrogen-bond acceptors (Lipinski definition) is 5. The van der Waals surface area contributed by atoms with Crippen LogP contribution in [0.15, 0.2) is 28.9 Å². The van der Waals surface area contributed by atoms with Crippen LogP contribution < -0.4 is 5.73 Å². The molecular formula is C12H16N4O.